The average molecular weight is 208 g/mol. The highest BCUT2D eigenvalue weighted by molar-refractivity contribution is 5.85. The van der Waals surface area contributed by atoms with E-state index in [-0.39, 0.29) is 0 Å². The van der Waals surface area contributed by atoms with Crippen LogP contribution in [0.4, 0.5) is 0 Å². The first-order chi connectivity index (χ1) is 7.08. The number of carboxylic acids is 1. The zero-order valence-electron chi connectivity index (χ0n) is 9.10. The van der Waals surface area contributed by atoms with Gasteiger partial charge in [0.15, 0.2) is 0 Å². The van der Waals surface area contributed by atoms with Crippen molar-refractivity contribution < 1.29 is 9.90 Å². The van der Waals surface area contributed by atoms with E-state index in [2.05, 4.69) is 18.9 Å². The van der Waals surface area contributed by atoms with Crippen LogP contribution in [0.15, 0.2) is 6.07 Å². The van der Waals surface area contributed by atoms with Gasteiger partial charge in [0.05, 0.1) is 11.7 Å². The highest BCUT2D eigenvalue weighted by atomic mass is 16.4. The Hall–Kier alpha value is -1.32. The van der Waals surface area contributed by atoms with Gasteiger partial charge in [-0.3, -0.25) is 4.68 Å². The van der Waals surface area contributed by atoms with E-state index in [1.165, 1.54) is 0 Å². The van der Waals surface area contributed by atoms with Gasteiger partial charge in [0.1, 0.15) is 5.69 Å². The standard InChI is InChI=1S/C11H16N2O2/c1-7(2)5-8-6-10(11(14)15)13(12-8)9-3-4-9/h6-7,9H,3-5H2,1-2H3,(H,14,15). The molecule has 1 aromatic heterocycles. The molecule has 0 saturated heterocycles. The van der Waals surface area contributed by atoms with Gasteiger partial charge >= 0.3 is 5.97 Å². The van der Waals surface area contributed by atoms with Gasteiger partial charge in [0.25, 0.3) is 0 Å². The van der Waals surface area contributed by atoms with Gasteiger partial charge in [-0.15, -0.1) is 0 Å². The maximum atomic E-state index is 11.0. The van der Waals surface area contributed by atoms with E-state index >= 15 is 0 Å². The molecule has 0 atom stereocenters. The normalized spacial score (nSPS) is 15.9. The lowest BCUT2D eigenvalue weighted by Crippen LogP contribution is -2.08. The second kappa shape index (κ2) is 3.68. The first kappa shape index (κ1) is 10.2. The topological polar surface area (TPSA) is 55.1 Å². The van der Waals surface area contributed by atoms with Crippen molar-refractivity contribution >= 4 is 5.97 Å². The number of rotatable bonds is 4. The maximum absolute atomic E-state index is 11.0. The molecule has 1 N–H and O–H groups in total. The number of carboxylic acid groups (broad SMARTS) is 1. The van der Waals surface area contributed by atoms with Crippen LogP contribution in [0.1, 0.15) is 48.9 Å². The minimum absolute atomic E-state index is 0.331. The molecule has 4 nitrogen and oxygen atoms in total. The van der Waals surface area contributed by atoms with Gasteiger partial charge in [0.2, 0.25) is 0 Å². The lowest BCUT2D eigenvalue weighted by molar-refractivity contribution is 0.0683. The van der Waals surface area contributed by atoms with Crippen molar-refractivity contribution in [3.05, 3.63) is 17.5 Å². The molecule has 0 radical (unpaired) electrons. The van der Waals surface area contributed by atoms with Crippen LogP contribution < -0.4 is 0 Å². The van der Waals surface area contributed by atoms with Gasteiger partial charge < -0.3 is 5.11 Å². The lowest BCUT2D eigenvalue weighted by atomic mass is 10.1. The second-order valence-corrected chi connectivity index (χ2v) is 4.60. The van der Waals surface area contributed by atoms with Crippen LogP contribution in [-0.4, -0.2) is 20.9 Å². The van der Waals surface area contributed by atoms with Crippen molar-refractivity contribution in [2.45, 2.75) is 39.2 Å². The van der Waals surface area contributed by atoms with Crippen molar-refractivity contribution in [3.63, 3.8) is 0 Å². The SMILES string of the molecule is CC(C)Cc1cc(C(=O)O)n(C2CC2)n1. The number of aromatic nitrogens is 2. The molecule has 2 rings (SSSR count). The highest BCUT2D eigenvalue weighted by Gasteiger charge is 2.29. The Labute approximate surface area is 88.9 Å². The summed E-state index contributed by atoms with van der Waals surface area (Å²) in [5, 5.41) is 13.4. The summed E-state index contributed by atoms with van der Waals surface area (Å²) in [6, 6.07) is 2.04. The summed E-state index contributed by atoms with van der Waals surface area (Å²) < 4.78 is 1.68. The predicted octanol–water partition coefficient (Wildman–Crippen LogP) is 2.11. The summed E-state index contributed by atoms with van der Waals surface area (Å²) in [7, 11) is 0. The number of hydrogen-bond donors (Lipinski definition) is 1. The van der Waals surface area contributed by atoms with E-state index in [9.17, 15) is 4.79 Å². The summed E-state index contributed by atoms with van der Waals surface area (Å²) in [4.78, 5) is 11.0. The van der Waals surface area contributed by atoms with Crippen molar-refractivity contribution in [2.24, 2.45) is 5.92 Å². The summed E-state index contributed by atoms with van der Waals surface area (Å²) in [5.74, 6) is -0.362. The Bertz CT molecular complexity index is 378. The number of nitrogens with zero attached hydrogens (tertiary/aromatic N) is 2. The summed E-state index contributed by atoms with van der Waals surface area (Å²) in [6.07, 6.45) is 2.96. The first-order valence-corrected chi connectivity index (χ1v) is 5.39. The second-order valence-electron chi connectivity index (χ2n) is 4.60. The van der Waals surface area contributed by atoms with Crippen molar-refractivity contribution in [3.8, 4) is 0 Å². The van der Waals surface area contributed by atoms with Crippen molar-refractivity contribution in [2.75, 3.05) is 0 Å². The fourth-order valence-electron chi connectivity index (χ4n) is 1.72. The molecule has 1 heterocycles. The third-order valence-corrected chi connectivity index (χ3v) is 2.52. The van der Waals surface area contributed by atoms with E-state index in [1.54, 1.807) is 10.7 Å². The molecule has 1 aromatic rings. The fourth-order valence-corrected chi connectivity index (χ4v) is 1.72. The third kappa shape index (κ3) is 2.19. The van der Waals surface area contributed by atoms with Gasteiger partial charge in [0, 0.05) is 0 Å². The van der Waals surface area contributed by atoms with Crippen molar-refractivity contribution in [1.82, 2.24) is 9.78 Å². The van der Waals surface area contributed by atoms with E-state index < -0.39 is 5.97 Å². The Kier molecular flexibility index (Phi) is 2.50. The highest BCUT2D eigenvalue weighted by Crippen LogP contribution is 2.35. The molecule has 82 valence electrons. The molecule has 0 aliphatic heterocycles. The van der Waals surface area contributed by atoms with Crippen LogP contribution in [0.2, 0.25) is 0 Å². The minimum atomic E-state index is -0.871. The van der Waals surface area contributed by atoms with Gasteiger partial charge in [-0.2, -0.15) is 5.10 Å². The maximum Gasteiger partial charge on any atom is 0.354 e. The van der Waals surface area contributed by atoms with Crippen LogP contribution in [0.5, 0.6) is 0 Å². The number of aromatic carboxylic acids is 1. The third-order valence-electron chi connectivity index (χ3n) is 2.52. The fraction of sp³-hybridized carbons (Fsp3) is 0.636. The van der Waals surface area contributed by atoms with Gasteiger partial charge in [-0.1, -0.05) is 13.8 Å². The minimum Gasteiger partial charge on any atom is -0.477 e. The molecule has 0 spiro atoms. The molecule has 1 saturated carbocycles. The molecule has 0 bridgehead atoms. The number of carbonyl (C=O) groups is 1. The zero-order chi connectivity index (χ0) is 11.0. The van der Waals surface area contributed by atoms with E-state index in [0.717, 1.165) is 25.0 Å². The van der Waals surface area contributed by atoms with Crippen LogP contribution in [0, 0.1) is 5.92 Å². The van der Waals surface area contributed by atoms with Crippen molar-refractivity contribution in [1.29, 1.82) is 0 Å². The average Bonchev–Trinajstić information content (AvgIpc) is 2.87. The van der Waals surface area contributed by atoms with E-state index in [0.29, 0.717) is 17.7 Å². The Morgan fingerprint density at radius 2 is 2.33 bits per heavy atom. The largest absolute Gasteiger partial charge is 0.477 e. The summed E-state index contributed by atoms with van der Waals surface area (Å²) in [6.45, 7) is 4.22. The van der Waals surface area contributed by atoms with E-state index in [1.807, 2.05) is 0 Å². The monoisotopic (exact) mass is 208 g/mol. The Morgan fingerprint density at radius 1 is 1.67 bits per heavy atom. The van der Waals surface area contributed by atoms with Gasteiger partial charge in [-0.25, -0.2) is 4.79 Å². The quantitative estimate of drug-likeness (QED) is 0.824. The molecule has 1 fully saturated rings. The van der Waals surface area contributed by atoms with Crippen LogP contribution >= 0.6 is 0 Å². The predicted molar refractivity (Wildman–Crippen MR) is 56.0 cm³/mol. The molecule has 0 amide bonds. The van der Waals surface area contributed by atoms with Crippen LogP contribution in [-0.2, 0) is 6.42 Å². The Balaban J connectivity index is 2.27. The number of hydrogen-bond acceptors (Lipinski definition) is 2. The summed E-state index contributed by atoms with van der Waals surface area (Å²) >= 11 is 0. The summed E-state index contributed by atoms with van der Waals surface area (Å²) in [5.41, 5.74) is 1.24. The molecule has 1 aliphatic rings. The van der Waals surface area contributed by atoms with Gasteiger partial charge in [-0.05, 0) is 31.2 Å². The van der Waals surface area contributed by atoms with Crippen LogP contribution in [0.25, 0.3) is 0 Å². The molecule has 0 unspecified atom stereocenters. The molecule has 4 heteroatoms. The molecular formula is C11H16N2O2. The first-order valence-electron chi connectivity index (χ1n) is 5.39. The zero-order valence-corrected chi connectivity index (χ0v) is 9.10. The molecule has 15 heavy (non-hydrogen) atoms. The molecule has 0 aromatic carbocycles. The Morgan fingerprint density at radius 3 is 2.80 bits per heavy atom. The molecule has 1 aliphatic carbocycles. The van der Waals surface area contributed by atoms with E-state index in [4.69, 9.17) is 5.11 Å². The lowest BCUT2D eigenvalue weighted by Gasteiger charge is -2.01. The van der Waals surface area contributed by atoms with Crippen LogP contribution in [0.3, 0.4) is 0 Å². The smallest absolute Gasteiger partial charge is 0.354 e. The molecular weight excluding hydrogens is 192 g/mol.